The summed E-state index contributed by atoms with van der Waals surface area (Å²) in [6.07, 6.45) is 25.4. The fourth-order valence-corrected chi connectivity index (χ4v) is 4.91. The Balaban J connectivity index is 1.90. The van der Waals surface area contributed by atoms with Crippen LogP contribution in [0.5, 0.6) is 11.5 Å². The van der Waals surface area contributed by atoms with E-state index in [2.05, 4.69) is 24.5 Å². The molecule has 0 spiro atoms. The van der Waals surface area contributed by atoms with Crippen LogP contribution in [0.4, 0.5) is 11.4 Å². The molecule has 0 unspecified atom stereocenters. The van der Waals surface area contributed by atoms with Crippen molar-refractivity contribution in [3.05, 3.63) is 72.6 Å². The zero-order chi connectivity index (χ0) is 31.7. The largest absolute Gasteiger partial charge is 0.497 e. The van der Waals surface area contributed by atoms with Crippen molar-refractivity contribution in [2.75, 3.05) is 24.4 Å². The summed E-state index contributed by atoms with van der Waals surface area (Å²) in [7, 11) is 1.60. The zero-order valence-electron chi connectivity index (χ0n) is 27.5. The van der Waals surface area contributed by atoms with E-state index in [0.717, 1.165) is 36.4 Å². The number of ketones is 2. The second kappa shape index (κ2) is 23.9. The number of anilines is 2. The summed E-state index contributed by atoms with van der Waals surface area (Å²) in [5.41, 5.74) is 2.11. The third-order valence-corrected chi connectivity index (χ3v) is 7.64. The second-order valence-corrected chi connectivity index (χ2v) is 11.4. The SMILES string of the molecule is CCCCCCCCCCCC(=O)/C=C/Nc1cc(OCCCCCCCC)ccc1N/C=C/C(=O)c1ccc(OC)cc1. The molecule has 6 nitrogen and oxygen atoms in total. The van der Waals surface area contributed by atoms with E-state index in [4.69, 9.17) is 9.47 Å². The van der Waals surface area contributed by atoms with E-state index in [1.807, 2.05) is 18.2 Å². The van der Waals surface area contributed by atoms with Gasteiger partial charge in [0.2, 0.25) is 0 Å². The van der Waals surface area contributed by atoms with E-state index in [1.54, 1.807) is 49.9 Å². The summed E-state index contributed by atoms with van der Waals surface area (Å²) in [5.74, 6) is 1.48. The predicted molar refractivity (Wildman–Crippen MR) is 185 cm³/mol. The summed E-state index contributed by atoms with van der Waals surface area (Å²) in [6.45, 7) is 5.14. The van der Waals surface area contributed by atoms with Crippen molar-refractivity contribution in [1.82, 2.24) is 0 Å². The van der Waals surface area contributed by atoms with Gasteiger partial charge in [-0.25, -0.2) is 0 Å². The molecule has 44 heavy (non-hydrogen) atoms. The van der Waals surface area contributed by atoms with Gasteiger partial charge in [-0.1, -0.05) is 97.3 Å². The molecule has 0 aliphatic rings. The zero-order valence-corrected chi connectivity index (χ0v) is 27.5. The van der Waals surface area contributed by atoms with Crippen LogP contribution in [0.15, 0.2) is 67.0 Å². The minimum Gasteiger partial charge on any atom is -0.497 e. The number of benzene rings is 2. The highest BCUT2D eigenvalue weighted by molar-refractivity contribution is 6.04. The smallest absolute Gasteiger partial charge is 0.187 e. The molecule has 0 heterocycles. The van der Waals surface area contributed by atoms with Gasteiger partial charge in [0, 0.05) is 36.5 Å². The highest BCUT2D eigenvalue weighted by Crippen LogP contribution is 2.28. The third kappa shape index (κ3) is 16.3. The first kappa shape index (κ1) is 36.7. The maximum atomic E-state index is 12.6. The Bertz CT molecular complexity index is 1120. The number of methoxy groups -OCH3 is 1. The van der Waals surface area contributed by atoms with Crippen molar-refractivity contribution in [1.29, 1.82) is 0 Å². The van der Waals surface area contributed by atoms with Gasteiger partial charge >= 0.3 is 0 Å². The van der Waals surface area contributed by atoms with Crippen LogP contribution in [-0.4, -0.2) is 25.3 Å². The van der Waals surface area contributed by atoms with Crippen LogP contribution in [0.1, 0.15) is 127 Å². The van der Waals surface area contributed by atoms with Crippen molar-refractivity contribution in [3.63, 3.8) is 0 Å². The lowest BCUT2D eigenvalue weighted by Crippen LogP contribution is -2.02. The minimum atomic E-state index is -0.115. The molecular formula is C38H56N2O4. The Kier molecular flexibility index (Phi) is 19.9. The third-order valence-electron chi connectivity index (χ3n) is 7.64. The Morgan fingerprint density at radius 2 is 1.18 bits per heavy atom. The van der Waals surface area contributed by atoms with E-state index in [0.29, 0.717) is 24.3 Å². The molecule has 0 saturated carbocycles. The van der Waals surface area contributed by atoms with E-state index >= 15 is 0 Å². The summed E-state index contributed by atoms with van der Waals surface area (Å²) in [5, 5.41) is 6.45. The molecule has 6 heteroatoms. The predicted octanol–water partition coefficient (Wildman–Crippen LogP) is 10.7. The van der Waals surface area contributed by atoms with Crippen LogP contribution in [0.3, 0.4) is 0 Å². The molecule has 242 valence electrons. The van der Waals surface area contributed by atoms with Crippen LogP contribution in [0.25, 0.3) is 0 Å². The van der Waals surface area contributed by atoms with Gasteiger partial charge in [0.1, 0.15) is 11.5 Å². The molecule has 2 aromatic carbocycles. The number of allylic oxidation sites excluding steroid dienone is 2. The van der Waals surface area contributed by atoms with Crippen LogP contribution in [0.2, 0.25) is 0 Å². The Morgan fingerprint density at radius 3 is 1.82 bits per heavy atom. The molecule has 0 bridgehead atoms. The molecule has 2 aromatic rings. The molecule has 2 rings (SSSR count). The number of hydrogen-bond acceptors (Lipinski definition) is 6. The van der Waals surface area contributed by atoms with E-state index in [-0.39, 0.29) is 11.6 Å². The Hall–Kier alpha value is -3.54. The van der Waals surface area contributed by atoms with Crippen LogP contribution >= 0.6 is 0 Å². The van der Waals surface area contributed by atoms with Crippen molar-refractivity contribution >= 4 is 22.9 Å². The maximum Gasteiger partial charge on any atom is 0.187 e. The lowest BCUT2D eigenvalue weighted by Gasteiger charge is -2.13. The highest BCUT2D eigenvalue weighted by atomic mass is 16.5. The molecule has 2 N–H and O–H groups in total. The minimum absolute atomic E-state index is 0.115. The Labute approximate surface area is 266 Å². The fraction of sp³-hybridized carbons (Fsp3) is 0.526. The number of hydrogen-bond donors (Lipinski definition) is 2. The number of nitrogens with one attached hydrogen (secondary N) is 2. The first-order valence-corrected chi connectivity index (χ1v) is 16.9. The topological polar surface area (TPSA) is 76.7 Å². The summed E-state index contributed by atoms with van der Waals surface area (Å²) in [4.78, 5) is 25.1. The summed E-state index contributed by atoms with van der Waals surface area (Å²) < 4.78 is 11.2. The molecular weight excluding hydrogens is 548 g/mol. The van der Waals surface area contributed by atoms with Gasteiger partial charge in [-0.3, -0.25) is 9.59 Å². The molecule has 0 aromatic heterocycles. The van der Waals surface area contributed by atoms with Crippen molar-refractivity contribution < 1.29 is 19.1 Å². The molecule has 0 amide bonds. The van der Waals surface area contributed by atoms with Gasteiger partial charge in [0.25, 0.3) is 0 Å². The van der Waals surface area contributed by atoms with Crippen molar-refractivity contribution in [2.24, 2.45) is 0 Å². The molecule has 0 fully saturated rings. The molecule has 0 saturated heterocycles. The average Bonchev–Trinajstić information content (AvgIpc) is 3.04. The number of ether oxygens (including phenoxy) is 2. The number of rotatable bonds is 26. The fourth-order valence-electron chi connectivity index (χ4n) is 4.91. The number of carbonyl (C=O) groups is 2. The molecule has 0 atom stereocenters. The average molecular weight is 605 g/mol. The monoisotopic (exact) mass is 604 g/mol. The van der Waals surface area contributed by atoms with Crippen molar-refractivity contribution in [2.45, 2.75) is 117 Å². The van der Waals surface area contributed by atoms with Gasteiger partial charge in [-0.2, -0.15) is 0 Å². The summed E-state index contributed by atoms with van der Waals surface area (Å²) in [6, 6.07) is 12.8. The normalized spacial score (nSPS) is 11.2. The lowest BCUT2D eigenvalue weighted by atomic mass is 10.1. The van der Waals surface area contributed by atoms with E-state index in [1.165, 1.54) is 83.1 Å². The van der Waals surface area contributed by atoms with Gasteiger partial charge in [0.15, 0.2) is 11.6 Å². The highest BCUT2D eigenvalue weighted by Gasteiger charge is 2.06. The van der Waals surface area contributed by atoms with Gasteiger partial charge in [-0.05, 0) is 55.3 Å². The van der Waals surface area contributed by atoms with E-state index in [9.17, 15) is 9.59 Å². The standard InChI is InChI=1S/C38H56N2O4/c1-4-6-8-10-12-13-14-15-17-19-33(41)26-28-40-37-31-35(44-30-18-16-11-9-7-5-2)24-25-36(37)39-29-27-38(42)32-20-22-34(43-3)23-21-32/h20-29,31,39-40H,4-19,30H2,1-3H3/b28-26+,29-27+. The first-order chi connectivity index (χ1) is 21.6. The number of unbranched alkanes of at least 4 members (excludes halogenated alkanes) is 13. The first-order valence-electron chi connectivity index (χ1n) is 16.9. The van der Waals surface area contributed by atoms with Gasteiger partial charge in [0.05, 0.1) is 25.1 Å². The Morgan fingerprint density at radius 1 is 0.636 bits per heavy atom. The van der Waals surface area contributed by atoms with E-state index < -0.39 is 0 Å². The quantitative estimate of drug-likeness (QED) is 0.0632. The maximum absolute atomic E-state index is 12.6. The second-order valence-electron chi connectivity index (χ2n) is 11.4. The molecule has 0 radical (unpaired) electrons. The van der Waals surface area contributed by atoms with Crippen LogP contribution in [-0.2, 0) is 4.79 Å². The van der Waals surface area contributed by atoms with Gasteiger partial charge in [-0.15, -0.1) is 0 Å². The van der Waals surface area contributed by atoms with Crippen LogP contribution < -0.4 is 20.1 Å². The number of carbonyl (C=O) groups excluding carboxylic acids is 2. The summed E-state index contributed by atoms with van der Waals surface area (Å²) >= 11 is 0. The lowest BCUT2D eigenvalue weighted by molar-refractivity contribution is -0.114. The van der Waals surface area contributed by atoms with Crippen molar-refractivity contribution in [3.8, 4) is 11.5 Å². The molecule has 0 aliphatic heterocycles. The van der Waals surface area contributed by atoms with Crippen LogP contribution in [0, 0.1) is 0 Å². The molecule has 0 aliphatic carbocycles. The van der Waals surface area contributed by atoms with Gasteiger partial charge < -0.3 is 20.1 Å².